The molecular formula is C32H34N2O5S3. The van der Waals surface area contributed by atoms with Crippen LogP contribution in [-0.2, 0) is 16.7 Å². The lowest BCUT2D eigenvalue weighted by Crippen LogP contribution is -2.34. The van der Waals surface area contributed by atoms with Crippen molar-refractivity contribution in [2.45, 2.75) is 49.9 Å². The number of hydrogen-bond acceptors (Lipinski definition) is 8. The van der Waals surface area contributed by atoms with Crippen molar-refractivity contribution < 1.29 is 27.0 Å². The van der Waals surface area contributed by atoms with E-state index in [0.29, 0.717) is 0 Å². The zero-order chi connectivity index (χ0) is 30.0. The summed E-state index contributed by atoms with van der Waals surface area (Å²) in [7, 11) is -0.807. The minimum atomic E-state index is -4.27. The highest BCUT2D eigenvalue weighted by Crippen LogP contribution is 2.50. The molecule has 0 spiro atoms. The number of benzene rings is 3. The molecule has 42 heavy (non-hydrogen) atoms. The van der Waals surface area contributed by atoms with Gasteiger partial charge in [-0.2, -0.15) is 4.57 Å². The first-order chi connectivity index (χ1) is 20.2. The normalized spacial score (nSPS) is 16.2. The van der Waals surface area contributed by atoms with Crippen molar-refractivity contribution in [2.75, 3.05) is 25.7 Å². The zero-order valence-corrected chi connectivity index (χ0v) is 26.8. The number of methoxy groups -OCH3 is 2. The Hall–Kier alpha value is -3.31. The second-order valence-corrected chi connectivity index (χ2v) is 13.4. The predicted octanol–water partition coefficient (Wildman–Crippen LogP) is 7.15. The zero-order valence-electron chi connectivity index (χ0n) is 24.3. The van der Waals surface area contributed by atoms with Crippen molar-refractivity contribution in [1.29, 1.82) is 0 Å². The minimum absolute atomic E-state index is 0.178. The van der Waals surface area contributed by atoms with Gasteiger partial charge in [-0.3, -0.25) is 0 Å². The van der Waals surface area contributed by atoms with E-state index in [1.165, 1.54) is 54.1 Å². The molecule has 7 nitrogen and oxygen atoms in total. The quantitative estimate of drug-likeness (QED) is 0.167. The Morgan fingerprint density at radius 2 is 1.64 bits per heavy atom. The molecule has 1 aliphatic heterocycles. The van der Waals surface area contributed by atoms with Gasteiger partial charge in [0.15, 0.2) is 0 Å². The van der Waals surface area contributed by atoms with Gasteiger partial charge in [-0.1, -0.05) is 40.8 Å². The molecule has 3 aromatic carbocycles. The monoisotopic (exact) mass is 622 g/mol. The maximum Gasteiger partial charge on any atom is 0.265 e. The minimum Gasteiger partial charge on any atom is -0.744 e. The van der Waals surface area contributed by atoms with Crippen molar-refractivity contribution >= 4 is 54.7 Å². The number of thiazole rings is 1. The number of allylic oxidation sites excluding steroid dienone is 3. The van der Waals surface area contributed by atoms with E-state index >= 15 is 0 Å². The molecule has 6 rings (SSSR count). The Morgan fingerprint density at radius 1 is 0.952 bits per heavy atom. The average molecular weight is 623 g/mol. The Labute approximate surface area is 255 Å². The summed E-state index contributed by atoms with van der Waals surface area (Å²) in [6.07, 6.45) is 4.60. The van der Waals surface area contributed by atoms with Crippen LogP contribution in [0.15, 0.2) is 87.1 Å². The van der Waals surface area contributed by atoms with E-state index in [0.717, 1.165) is 43.0 Å². The van der Waals surface area contributed by atoms with E-state index in [1.807, 2.05) is 30.0 Å². The molecule has 0 radical (unpaired) electrons. The van der Waals surface area contributed by atoms with Crippen molar-refractivity contribution in [3.63, 3.8) is 0 Å². The largest absolute Gasteiger partial charge is 0.744 e. The standard InChI is InChI=1S/C25H27N2O2S2.C7H8O3S/c1-5-26-20-14-18(28-3)9-11-22(20)30-24(26)16-7-8-17(13-16)25-27(6-2)21-15-19(29-4)10-12-23(21)31-25;1-6-2-4-7(5-3-6)11(8,9)10/h9-15H,5-8H2,1-4H3;2-5H,1H3,(H,8,9,10)/q+1;/p-1. The van der Waals surface area contributed by atoms with E-state index in [1.54, 1.807) is 26.4 Å². The number of thioether (sulfide) groups is 1. The topological polar surface area (TPSA) is 82.8 Å². The fraction of sp³-hybridized carbons (Fsp3) is 0.281. The summed E-state index contributed by atoms with van der Waals surface area (Å²) in [6, 6.07) is 18.6. The van der Waals surface area contributed by atoms with Crippen LogP contribution in [0.3, 0.4) is 0 Å². The molecule has 0 atom stereocenters. The number of hydrogen-bond donors (Lipinski definition) is 0. The number of aromatic nitrogens is 1. The molecule has 0 unspecified atom stereocenters. The number of ether oxygens (including phenoxy) is 2. The smallest absolute Gasteiger partial charge is 0.265 e. The highest BCUT2D eigenvalue weighted by Gasteiger charge is 2.31. The molecule has 1 aromatic heterocycles. The Kier molecular flexibility index (Phi) is 8.98. The molecule has 0 N–H and O–H groups in total. The number of rotatable bonds is 6. The van der Waals surface area contributed by atoms with Gasteiger partial charge >= 0.3 is 0 Å². The summed E-state index contributed by atoms with van der Waals surface area (Å²) in [5, 5.41) is 2.73. The van der Waals surface area contributed by atoms with Crippen LogP contribution in [0.25, 0.3) is 15.8 Å². The highest BCUT2D eigenvalue weighted by atomic mass is 32.2. The summed E-state index contributed by atoms with van der Waals surface area (Å²) < 4.78 is 45.8. The Morgan fingerprint density at radius 3 is 2.29 bits per heavy atom. The number of anilines is 1. The van der Waals surface area contributed by atoms with Gasteiger partial charge in [0.2, 0.25) is 5.52 Å². The van der Waals surface area contributed by atoms with Crippen LogP contribution in [0.4, 0.5) is 5.69 Å². The summed E-state index contributed by atoms with van der Waals surface area (Å²) in [4.78, 5) is 3.56. The van der Waals surface area contributed by atoms with Crippen LogP contribution in [0, 0.1) is 6.92 Å². The second kappa shape index (κ2) is 12.5. The van der Waals surface area contributed by atoms with Crippen molar-refractivity contribution in [1.82, 2.24) is 0 Å². The summed E-state index contributed by atoms with van der Waals surface area (Å²) in [5.74, 6) is 1.83. The van der Waals surface area contributed by atoms with Crippen LogP contribution in [0.2, 0.25) is 0 Å². The third-order valence-corrected chi connectivity index (χ3v) is 10.7. The Bertz CT molecular complexity index is 1790. The Balaban J connectivity index is 0.000000271. The number of fused-ring (bicyclic) bond motifs is 2. The third kappa shape index (κ3) is 6.08. The molecule has 0 amide bonds. The van der Waals surface area contributed by atoms with E-state index in [2.05, 4.69) is 65.8 Å². The van der Waals surface area contributed by atoms with Gasteiger partial charge in [-0.15, -0.1) is 0 Å². The SMILES string of the molecule is CCN1/C(=C2\C=C(c3sc4ccc(OC)cc4[n+]3CC)CC2)Sc2ccc(OC)cc21.Cc1ccc(S(=O)(=O)[O-])cc1. The third-order valence-electron chi connectivity index (χ3n) is 7.32. The van der Waals surface area contributed by atoms with E-state index in [4.69, 9.17) is 9.47 Å². The molecule has 220 valence electrons. The predicted molar refractivity (Wildman–Crippen MR) is 169 cm³/mol. The van der Waals surface area contributed by atoms with Crippen LogP contribution >= 0.6 is 23.1 Å². The lowest BCUT2D eigenvalue weighted by atomic mass is 10.2. The molecular weight excluding hydrogens is 589 g/mol. The van der Waals surface area contributed by atoms with Crippen LogP contribution in [0.5, 0.6) is 11.5 Å². The van der Waals surface area contributed by atoms with Gasteiger partial charge in [0, 0.05) is 23.1 Å². The van der Waals surface area contributed by atoms with Crippen molar-refractivity contribution in [3.05, 3.63) is 87.9 Å². The fourth-order valence-electron chi connectivity index (χ4n) is 5.15. The second-order valence-electron chi connectivity index (χ2n) is 9.93. The molecule has 2 heterocycles. The maximum atomic E-state index is 10.4. The van der Waals surface area contributed by atoms with E-state index in [9.17, 15) is 13.0 Å². The average Bonchev–Trinajstić information content (AvgIpc) is 3.71. The van der Waals surface area contributed by atoms with Crippen molar-refractivity contribution in [3.8, 4) is 11.5 Å². The molecule has 4 aromatic rings. The lowest BCUT2D eigenvalue weighted by molar-refractivity contribution is -0.665. The van der Waals surface area contributed by atoms with Gasteiger partial charge in [0.05, 0.1) is 35.9 Å². The van der Waals surface area contributed by atoms with Crippen LogP contribution < -0.4 is 18.9 Å². The number of nitrogens with zero attached hydrogens (tertiary/aromatic N) is 2. The van der Waals surface area contributed by atoms with Crippen LogP contribution in [0.1, 0.15) is 37.3 Å². The van der Waals surface area contributed by atoms with Gasteiger partial charge in [0.1, 0.15) is 32.9 Å². The first-order valence-corrected chi connectivity index (χ1v) is 16.8. The summed E-state index contributed by atoms with van der Waals surface area (Å²) in [6.45, 7) is 8.17. The van der Waals surface area contributed by atoms with Gasteiger partial charge < -0.3 is 18.9 Å². The summed E-state index contributed by atoms with van der Waals surface area (Å²) >= 11 is 3.78. The molecule has 2 aliphatic rings. The molecule has 0 fully saturated rings. The fourth-order valence-corrected chi connectivity index (χ4v) is 8.12. The molecule has 1 aliphatic carbocycles. The maximum absolute atomic E-state index is 10.4. The van der Waals surface area contributed by atoms with Crippen molar-refractivity contribution in [2.24, 2.45) is 0 Å². The highest BCUT2D eigenvalue weighted by molar-refractivity contribution is 8.03. The van der Waals surface area contributed by atoms with E-state index in [-0.39, 0.29) is 4.90 Å². The molecule has 0 saturated heterocycles. The molecule has 0 bridgehead atoms. The number of aryl methyl sites for hydroxylation is 2. The van der Waals surface area contributed by atoms with Gasteiger partial charge in [-0.05, 0) is 81.7 Å². The van der Waals surface area contributed by atoms with E-state index < -0.39 is 10.1 Å². The van der Waals surface area contributed by atoms with Crippen LogP contribution in [-0.4, -0.2) is 33.7 Å². The van der Waals surface area contributed by atoms with Gasteiger partial charge in [0.25, 0.3) is 5.01 Å². The van der Waals surface area contributed by atoms with Gasteiger partial charge in [-0.25, -0.2) is 8.42 Å². The first kappa shape index (κ1) is 30.2. The molecule has 0 saturated carbocycles. The summed E-state index contributed by atoms with van der Waals surface area (Å²) in [5.41, 5.74) is 6.32. The first-order valence-electron chi connectivity index (χ1n) is 13.8. The molecule has 10 heteroatoms. The lowest BCUT2D eigenvalue weighted by Gasteiger charge is -2.20.